The van der Waals surface area contributed by atoms with Crippen LogP contribution >= 0.6 is 8.58 Å². The van der Waals surface area contributed by atoms with Crippen molar-refractivity contribution in [2.75, 3.05) is 14.2 Å². The third-order valence-electron chi connectivity index (χ3n) is 3.50. The molecule has 0 bridgehead atoms. The number of methoxy groups -OCH3 is 2. The van der Waals surface area contributed by atoms with E-state index < -0.39 is 5.53 Å². The number of carbonyl (C=O) groups excluding carboxylic acids is 1. The molecular weight excluding hydrogens is 283 g/mol. The van der Waals surface area contributed by atoms with Crippen molar-refractivity contribution in [1.82, 2.24) is 0 Å². The maximum absolute atomic E-state index is 12.5. The molecule has 0 saturated heterocycles. The lowest BCUT2D eigenvalue weighted by Crippen LogP contribution is -2.39. The fourth-order valence-electron chi connectivity index (χ4n) is 2.58. The molecule has 0 radical (unpaired) electrons. The highest BCUT2D eigenvalue weighted by Crippen LogP contribution is 2.45. The van der Waals surface area contributed by atoms with Crippen LogP contribution in [0.4, 0.5) is 0 Å². The second-order valence-corrected chi connectivity index (χ2v) is 7.96. The van der Waals surface area contributed by atoms with Crippen molar-refractivity contribution in [2.45, 2.75) is 39.6 Å². The van der Waals surface area contributed by atoms with Gasteiger partial charge in [-0.15, -0.1) is 0 Å². The highest BCUT2D eigenvalue weighted by Gasteiger charge is 2.40. The van der Waals surface area contributed by atoms with Gasteiger partial charge >= 0.3 is 0 Å². The highest BCUT2D eigenvalue weighted by atomic mass is 31.1. The summed E-state index contributed by atoms with van der Waals surface area (Å²) >= 11 is 0. The maximum atomic E-state index is 12.5. The summed E-state index contributed by atoms with van der Waals surface area (Å²) in [5, 5.41) is 0. The van der Waals surface area contributed by atoms with Crippen LogP contribution in [0.25, 0.3) is 0 Å². The topological polar surface area (TPSA) is 35.5 Å². The van der Waals surface area contributed by atoms with Gasteiger partial charge in [-0.05, 0) is 11.8 Å². The Morgan fingerprint density at radius 3 is 2.10 bits per heavy atom. The molecule has 2 unspecified atom stereocenters. The number of ether oxygens (including phenoxy) is 2. The third kappa shape index (κ3) is 5.18. The first-order chi connectivity index (χ1) is 9.74. The van der Waals surface area contributed by atoms with Gasteiger partial charge in [0.1, 0.15) is 0 Å². The molecule has 3 nitrogen and oxygen atoms in total. The van der Waals surface area contributed by atoms with Gasteiger partial charge < -0.3 is 9.47 Å². The van der Waals surface area contributed by atoms with Gasteiger partial charge in [-0.3, -0.25) is 4.79 Å². The third-order valence-corrected chi connectivity index (χ3v) is 5.26. The Balaban J connectivity index is 2.92. The fraction of sp³-hybridized carbons (Fsp3) is 0.588. The van der Waals surface area contributed by atoms with E-state index >= 15 is 0 Å². The number of rotatable bonds is 7. The average molecular weight is 310 g/mol. The van der Waals surface area contributed by atoms with Gasteiger partial charge in [0, 0.05) is 34.3 Å². The fourth-order valence-corrected chi connectivity index (χ4v) is 3.76. The first kappa shape index (κ1) is 18.3. The van der Waals surface area contributed by atoms with Gasteiger partial charge in [0.2, 0.25) is 0 Å². The molecule has 0 heterocycles. The lowest BCUT2D eigenvalue weighted by atomic mass is 9.85. The molecule has 0 aliphatic heterocycles. The zero-order valence-corrected chi connectivity index (χ0v) is 14.9. The van der Waals surface area contributed by atoms with E-state index in [9.17, 15) is 4.79 Å². The van der Waals surface area contributed by atoms with E-state index in [1.807, 2.05) is 30.3 Å². The minimum atomic E-state index is -0.847. The molecule has 2 atom stereocenters. The molecule has 21 heavy (non-hydrogen) atoms. The summed E-state index contributed by atoms with van der Waals surface area (Å²) in [6, 6.07) is 9.32. The molecule has 1 rings (SSSR count). The van der Waals surface area contributed by atoms with Crippen molar-refractivity contribution in [3.63, 3.8) is 0 Å². The lowest BCUT2D eigenvalue weighted by Gasteiger charge is -2.38. The predicted molar refractivity (Wildman–Crippen MR) is 89.1 cm³/mol. The van der Waals surface area contributed by atoms with Gasteiger partial charge in [-0.1, -0.05) is 58.0 Å². The summed E-state index contributed by atoms with van der Waals surface area (Å²) in [5.74, 6) is 0.124. The highest BCUT2D eigenvalue weighted by molar-refractivity contribution is 7.60. The molecule has 118 valence electrons. The van der Waals surface area contributed by atoms with E-state index in [0.717, 1.165) is 6.42 Å². The summed E-state index contributed by atoms with van der Waals surface area (Å²) in [5.41, 5.74) is 0.0830. The molecule has 1 aromatic carbocycles. The van der Waals surface area contributed by atoms with Crippen molar-refractivity contribution in [1.29, 1.82) is 0 Å². The minimum absolute atomic E-state index is 0.0695. The van der Waals surface area contributed by atoms with Crippen LogP contribution in [-0.2, 0) is 9.47 Å². The van der Waals surface area contributed by atoms with Crippen molar-refractivity contribution < 1.29 is 14.3 Å². The van der Waals surface area contributed by atoms with E-state index in [4.69, 9.17) is 9.47 Å². The standard InChI is InChI=1S/C17H27O3P/c1-13(12-16(2,3)4)17(19-5,20-6)21-15(18)14-10-8-7-9-11-14/h7-11,13,21H,12H2,1-6H3. The number of benzene rings is 1. The molecular formula is C17H27O3P. The lowest BCUT2D eigenvalue weighted by molar-refractivity contribution is -0.173. The molecule has 0 aliphatic rings. The maximum Gasteiger partial charge on any atom is 0.193 e. The summed E-state index contributed by atoms with van der Waals surface area (Å²) in [4.78, 5) is 12.5. The second kappa shape index (κ2) is 7.49. The summed E-state index contributed by atoms with van der Waals surface area (Å²) < 4.78 is 11.3. The normalized spacial score (nSPS) is 14.6. The summed E-state index contributed by atoms with van der Waals surface area (Å²) in [6.45, 7) is 8.63. The molecule has 1 aromatic rings. The Kier molecular flexibility index (Phi) is 6.52. The van der Waals surface area contributed by atoms with Gasteiger partial charge in [-0.25, -0.2) is 0 Å². The predicted octanol–water partition coefficient (Wildman–Crippen LogP) is 4.52. The minimum Gasteiger partial charge on any atom is -0.349 e. The van der Waals surface area contributed by atoms with Crippen molar-refractivity contribution in [3.8, 4) is 0 Å². The molecule has 0 fully saturated rings. The van der Waals surface area contributed by atoms with Crippen LogP contribution in [0.5, 0.6) is 0 Å². The van der Waals surface area contributed by atoms with E-state index in [1.54, 1.807) is 14.2 Å². The Bertz CT molecular complexity index is 447. The Labute approximate surface area is 130 Å². The van der Waals surface area contributed by atoms with Crippen LogP contribution < -0.4 is 0 Å². The van der Waals surface area contributed by atoms with Gasteiger partial charge in [0.25, 0.3) is 0 Å². The summed E-state index contributed by atoms with van der Waals surface area (Å²) in [7, 11) is 3.17. The molecule has 0 saturated carbocycles. The van der Waals surface area contributed by atoms with Crippen LogP contribution in [0.3, 0.4) is 0 Å². The average Bonchev–Trinajstić information content (AvgIpc) is 2.43. The van der Waals surface area contributed by atoms with E-state index in [2.05, 4.69) is 27.7 Å². The number of hydrogen-bond donors (Lipinski definition) is 0. The second-order valence-electron chi connectivity index (χ2n) is 6.56. The Morgan fingerprint density at radius 2 is 1.67 bits per heavy atom. The SMILES string of the molecule is COC(OC)(PC(=O)c1ccccc1)C(C)CC(C)(C)C. The quantitative estimate of drug-likeness (QED) is 0.548. The van der Waals surface area contributed by atoms with E-state index in [-0.39, 0.29) is 25.4 Å². The van der Waals surface area contributed by atoms with Crippen molar-refractivity contribution >= 4 is 14.1 Å². The zero-order chi connectivity index (χ0) is 16.1. The van der Waals surface area contributed by atoms with Crippen LogP contribution in [0.1, 0.15) is 44.5 Å². The van der Waals surface area contributed by atoms with Crippen LogP contribution in [0, 0.1) is 11.3 Å². The molecule has 0 aliphatic carbocycles. The van der Waals surface area contributed by atoms with Gasteiger partial charge in [-0.2, -0.15) is 0 Å². The molecule has 0 aromatic heterocycles. The van der Waals surface area contributed by atoms with Crippen LogP contribution in [0.15, 0.2) is 30.3 Å². The smallest absolute Gasteiger partial charge is 0.193 e. The monoisotopic (exact) mass is 310 g/mol. The Hall–Kier alpha value is -0.760. The first-order valence-electron chi connectivity index (χ1n) is 7.22. The first-order valence-corrected chi connectivity index (χ1v) is 8.22. The van der Waals surface area contributed by atoms with Crippen LogP contribution in [0.2, 0.25) is 0 Å². The largest absolute Gasteiger partial charge is 0.349 e. The number of carbonyl (C=O) groups is 1. The molecule has 0 amide bonds. The molecule has 0 spiro atoms. The van der Waals surface area contributed by atoms with Crippen molar-refractivity contribution in [3.05, 3.63) is 35.9 Å². The summed E-state index contributed by atoms with van der Waals surface area (Å²) in [6.07, 6.45) is 0.920. The Morgan fingerprint density at radius 1 is 1.14 bits per heavy atom. The van der Waals surface area contributed by atoms with Crippen LogP contribution in [-0.4, -0.2) is 25.3 Å². The number of hydrogen-bond acceptors (Lipinski definition) is 3. The van der Waals surface area contributed by atoms with Gasteiger partial charge in [0.15, 0.2) is 11.1 Å². The molecule has 4 heteroatoms. The van der Waals surface area contributed by atoms with Gasteiger partial charge in [0.05, 0.1) is 0 Å². The molecule has 0 N–H and O–H groups in total. The van der Waals surface area contributed by atoms with Crippen molar-refractivity contribution in [2.24, 2.45) is 11.3 Å². The van der Waals surface area contributed by atoms with E-state index in [0.29, 0.717) is 5.56 Å². The zero-order valence-electron chi connectivity index (χ0n) is 13.9. The van der Waals surface area contributed by atoms with E-state index in [1.165, 1.54) is 0 Å².